The van der Waals surface area contributed by atoms with Crippen LogP contribution in [0.25, 0.3) is 0 Å². The molecule has 0 saturated heterocycles. The van der Waals surface area contributed by atoms with Gasteiger partial charge < -0.3 is 15.2 Å². The fraction of sp³-hybridized carbons (Fsp3) is 0.400. The van der Waals surface area contributed by atoms with Crippen molar-refractivity contribution in [2.45, 2.75) is 31.6 Å². The summed E-state index contributed by atoms with van der Waals surface area (Å²) in [5.74, 6) is 2.28. The predicted octanol–water partition coefficient (Wildman–Crippen LogP) is 3.67. The van der Waals surface area contributed by atoms with Crippen molar-refractivity contribution in [3.63, 3.8) is 0 Å². The molecule has 0 aliphatic heterocycles. The summed E-state index contributed by atoms with van der Waals surface area (Å²) in [6, 6.07) is 13.0. The zero-order chi connectivity index (χ0) is 16.2. The van der Waals surface area contributed by atoms with Crippen molar-refractivity contribution in [1.82, 2.24) is 0 Å². The van der Waals surface area contributed by atoms with Crippen molar-refractivity contribution in [2.24, 2.45) is 5.73 Å². The molecule has 0 unspecified atom stereocenters. The molecule has 0 bridgehead atoms. The Morgan fingerprint density at radius 1 is 0.913 bits per heavy atom. The second kappa shape index (κ2) is 7.05. The summed E-state index contributed by atoms with van der Waals surface area (Å²) in [5, 5.41) is 0. The van der Waals surface area contributed by atoms with E-state index in [-0.39, 0.29) is 0 Å². The lowest BCUT2D eigenvalue weighted by molar-refractivity contribution is 0.414. The Balaban J connectivity index is 2.07. The van der Waals surface area contributed by atoms with Crippen LogP contribution >= 0.6 is 0 Å². The molecule has 122 valence electrons. The van der Waals surface area contributed by atoms with Crippen LogP contribution in [0.5, 0.6) is 11.5 Å². The predicted molar refractivity (Wildman–Crippen MR) is 93.5 cm³/mol. The molecule has 0 atom stereocenters. The number of methoxy groups -OCH3 is 2. The van der Waals surface area contributed by atoms with Crippen LogP contribution in [0.15, 0.2) is 36.4 Å². The number of ether oxygens (including phenoxy) is 2. The van der Waals surface area contributed by atoms with Crippen LogP contribution < -0.4 is 15.2 Å². The molecule has 2 aromatic carbocycles. The van der Waals surface area contributed by atoms with E-state index in [0.717, 1.165) is 43.7 Å². The van der Waals surface area contributed by atoms with E-state index in [1.54, 1.807) is 14.2 Å². The molecule has 0 spiro atoms. The van der Waals surface area contributed by atoms with Crippen LogP contribution in [-0.4, -0.2) is 20.8 Å². The van der Waals surface area contributed by atoms with Gasteiger partial charge in [-0.1, -0.05) is 12.1 Å². The Labute approximate surface area is 138 Å². The fourth-order valence-corrected chi connectivity index (χ4v) is 3.60. The van der Waals surface area contributed by atoms with Crippen LogP contribution in [-0.2, 0) is 12.8 Å². The van der Waals surface area contributed by atoms with Crippen molar-refractivity contribution in [1.29, 1.82) is 0 Å². The van der Waals surface area contributed by atoms with Gasteiger partial charge in [0, 0.05) is 5.92 Å². The van der Waals surface area contributed by atoms with E-state index in [4.69, 9.17) is 15.2 Å². The number of hydrogen-bond acceptors (Lipinski definition) is 3. The van der Waals surface area contributed by atoms with E-state index >= 15 is 0 Å². The van der Waals surface area contributed by atoms with Gasteiger partial charge in [-0.25, -0.2) is 0 Å². The lowest BCUT2D eigenvalue weighted by Gasteiger charge is -2.21. The minimum atomic E-state index is 0.405. The third kappa shape index (κ3) is 3.20. The zero-order valence-corrected chi connectivity index (χ0v) is 14.0. The lowest BCUT2D eigenvalue weighted by atomic mass is 9.84. The number of aryl methyl sites for hydroxylation is 2. The molecule has 0 saturated carbocycles. The Hall–Kier alpha value is -2.00. The summed E-state index contributed by atoms with van der Waals surface area (Å²) in [5.41, 5.74) is 11.4. The van der Waals surface area contributed by atoms with Gasteiger partial charge in [-0.2, -0.15) is 0 Å². The van der Waals surface area contributed by atoms with E-state index in [0.29, 0.717) is 5.92 Å². The van der Waals surface area contributed by atoms with E-state index in [9.17, 15) is 0 Å². The van der Waals surface area contributed by atoms with Crippen molar-refractivity contribution in [2.75, 3.05) is 20.8 Å². The Bertz CT molecular complexity index is 626. The molecule has 0 fully saturated rings. The molecule has 23 heavy (non-hydrogen) atoms. The van der Waals surface area contributed by atoms with Crippen molar-refractivity contribution in [3.05, 3.63) is 58.7 Å². The van der Waals surface area contributed by atoms with E-state index in [1.807, 2.05) is 0 Å². The lowest BCUT2D eigenvalue weighted by Crippen LogP contribution is -2.08. The quantitative estimate of drug-likeness (QED) is 0.916. The molecule has 3 rings (SSSR count). The van der Waals surface area contributed by atoms with Crippen LogP contribution in [0.4, 0.5) is 0 Å². The minimum Gasteiger partial charge on any atom is -0.497 e. The van der Waals surface area contributed by atoms with Crippen molar-refractivity contribution in [3.8, 4) is 11.5 Å². The molecule has 0 heterocycles. The Kier molecular flexibility index (Phi) is 4.87. The van der Waals surface area contributed by atoms with E-state index in [1.165, 1.54) is 22.3 Å². The summed E-state index contributed by atoms with van der Waals surface area (Å²) in [7, 11) is 3.45. The summed E-state index contributed by atoms with van der Waals surface area (Å²) >= 11 is 0. The monoisotopic (exact) mass is 311 g/mol. The molecule has 2 N–H and O–H groups in total. The maximum atomic E-state index is 5.78. The van der Waals surface area contributed by atoms with Crippen LogP contribution in [0.2, 0.25) is 0 Å². The summed E-state index contributed by atoms with van der Waals surface area (Å²) in [4.78, 5) is 0. The second-order valence-corrected chi connectivity index (χ2v) is 6.11. The first kappa shape index (κ1) is 15.9. The van der Waals surface area contributed by atoms with Gasteiger partial charge >= 0.3 is 0 Å². The third-order valence-electron chi connectivity index (χ3n) is 4.81. The molecule has 3 nitrogen and oxygen atoms in total. The molecule has 3 heteroatoms. The third-order valence-corrected chi connectivity index (χ3v) is 4.81. The number of rotatable bonds is 5. The zero-order valence-electron chi connectivity index (χ0n) is 14.0. The molecule has 0 aromatic heterocycles. The van der Waals surface area contributed by atoms with Gasteiger partial charge in [0.1, 0.15) is 11.5 Å². The number of fused-ring (bicyclic) bond motifs is 2. The van der Waals surface area contributed by atoms with Gasteiger partial charge in [-0.05, 0) is 78.7 Å². The summed E-state index contributed by atoms with van der Waals surface area (Å²) in [6.07, 6.45) is 4.18. The Morgan fingerprint density at radius 3 is 1.87 bits per heavy atom. The molecule has 0 radical (unpaired) electrons. The van der Waals surface area contributed by atoms with Crippen LogP contribution in [0, 0.1) is 0 Å². The van der Waals surface area contributed by atoms with Gasteiger partial charge in [0.2, 0.25) is 0 Å². The van der Waals surface area contributed by atoms with Crippen LogP contribution in [0.1, 0.15) is 41.0 Å². The molecule has 2 aromatic rings. The van der Waals surface area contributed by atoms with Crippen molar-refractivity contribution < 1.29 is 9.47 Å². The molecule has 1 aliphatic rings. The summed E-state index contributed by atoms with van der Waals surface area (Å²) in [6.45, 7) is 0.730. The van der Waals surface area contributed by atoms with Crippen molar-refractivity contribution >= 4 is 0 Å². The maximum absolute atomic E-state index is 5.78. The first-order valence-electron chi connectivity index (χ1n) is 8.30. The molecular weight excluding hydrogens is 286 g/mol. The average Bonchev–Trinajstić information content (AvgIpc) is 2.75. The average molecular weight is 311 g/mol. The fourth-order valence-electron chi connectivity index (χ4n) is 3.60. The standard InChI is InChI=1S/C20H25NO2/c1-22-16-7-9-18-14(12-16)5-6-15-13-17(23-2)8-10-19(15)20(18)4-3-11-21/h7-10,12-13,20H,3-6,11,21H2,1-2H3. The summed E-state index contributed by atoms with van der Waals surface area (Å²) < 4.78 is 10.8. The van der Waals surface area contributed by atoms with Gasteiger partial charge in [-0.3, -0.25) is 0 Å². The Morgan fingerprint density at radius 2 is 1.43 bits per heavy atom. The number of hydrogen-bond donors (Lipinski definition) is 1. The minimum absolute atomic E-state index is 0.405. The normalized spacial score (nSPS) is 13.9. The first-order valence-corrected chi connectivity index (χ1v) is 8.30. The van der Waals surface area contributed by atoms with Crippen LogP contribution in [0.3, 0.4) is 0 Å². The number of nitrogens with two attached hydrogens (primary N) is 1. The second-order valence-electron chi connectivity index (χ2n) is 6.11. The van der Waals surface area contributed by atoms with Gasteiger partial charge in [0.15, 0.2) is 0 Å². The highest BCUT2D eigenvalue weighted by Crippen LogP contribution is 2.39. The van der Waals surface area contributed by atoms with Gasteiger partial charge in [0.25, 0.3) is 0 Å². The SMILES string of the molecule is COc1ccc2c(c1)CCc1cc(OC)ccc1C2CCCN. The highest BCUT2D eigenvalue weighted by Gasteiger charge is 2.24. The molecule has 1 aliphatic carbocycles. The smallest absolute Gasteiger partial charge is 0.119 e. The van der Waals surface area contributed by atoms with E-state index in [2.05, 4.69) is 36.4 Å². The van der Waals surface area contributed by atoms with Gasteiger partial charge in [0.05, 0.1) is 14.2 Å². The molecular formula is C20H25NO2. The number of benzene rings is 2. The highest BCUT2D eigenvalue weighted by atomic mass is 16.5. The highest BCUT2D eigenvalue weighted by molar-refractivity contribution is 5.49. The van der Waals surface area contributed by atoms with E-state index < -0.39 is 0 Å². The van der Waals surface area contributed by atoms with Gasteiger partial charge in [-0.15, -0.1) is 0 Å². The first-order chi connectivity index (χ1) is 11.3. The molecule has 0 amide bonds. The topological polar surface area (TPSA) is 44.5 Å². The largest absolute Gasteiger partial charge is 0.497 e. The maximum Gasteiger partial charge on any atom is 0.119 e.